The fraction of sp³-hybridized carbons (Fsp3) is 0.500. The Bertz CT molecular complexity index is 565. The van der Waals surface area contributed by atoms with Crippen molar-refractivity contribution in [2.75, 3.05) is 25.5 Å². The number of aliphatic carboxylic acids is 1. The normalized spacial score (nSPS) is 17.9. The molecule has 0 aliphatic carbocycles. The molecule has 0 saturated carbocycles. The van der Waals surface area contributed by atoms with Gasteiger partial charge in [0.15, 0.2) is 0 Å². The maximum absolute atomic E-state index is 12.2. The second kappa shape index (κ2) is 8.74. The highest BCUT2D eigenvalue weighted by Crippen LogP contribution is 2.25. The predicted molar refractivity (Wildman–Crippen MR) is 90.5 cm³/mol. The number of methoxy groups -OCH3 is 1. The van der Waals surface area contributed by atoms with Crippen LogP contribution >= 0.6 is 12.4 Å². The van der Waals surface area contributed by atoms with E-state index in [0.717, 1.165) is 18.4 Å². The van der Waals surface area contributed by atoms with Gasteiger partial charge in [-0.2, -0.15) is 0 Å². The van der Waals surface area contributed by atoms with Crippen molar-refractivity contribution < 1.29 is 19.4 Å². The van der Waals surface area contributed by atoms with Crippen LogP contribution in [0.25, 0.3) is 0 Å². The van der Waals surface area contributed by atoms with Crippen molar-refractivity contribution in [2.45, 2.75) is 32.2 Å². The first-order chi connectivity index (χ1) is 10.5. The largest absolute Gasteiger partial charge is 0.495 e. The lowest BCUT2D eigenvalue weighted by Crippen LogP contribution is -2.47. The number of piperidine rings is 1. The molecule has 1 aromatic rings. The van der Waals surface area contributed by atoms with E-state index < -0.39 is 12.0 Å². The number of hydrogen-bond donors (Lipinski definition) is 2. The zero-order valence-electron chi connectivity index (χ0n) is 13.4. The molecule has 0 aromatic heterocycles. The Morgan fingerprint density at radius 1 is 1.39 bits per heavy atom. The fourth-order valence-electron chi connectivity index (χ4n) is 2.75. The van der Waals surface area contributed by atoms with Crippen LogP contribution in [0.3, 0.4) is 0 Å². The van der Waals surface area contributed by atoms with Crippen LogP contribution in [0.4, 0.5) is 5.69 Å². The van der Waals surface area contributed by atoms with E-state index in [1.165, 1.54) is 0 Å². The molecule has 1 fully saturated rings. The Balaban J connectivity index is 0.00000264. The first kappa shape index (κ1) is 19.3. The highest BCUT2D eigenvalue weighted by atomic mass is 35.5. The van der Waals surface area contributed by atoms with Gasteiger partial charge in [0.05, 0.1) is 19.3 Å². The molecule has 7 heteroatoms. The van der Waals surface area contributed by atoms with Crippen LogP contribution in [0.2, 0.25) is 0 Å². The molecule has 2 rings (SSSR count). The number of aryl methyl sites for hydroxylation is 1. The van der Waals surface area contributed by atoms with E-state index in [1.807, 2.05) is 19.1 Å². The minimum Gasteiger partial charge on any atom is -0.495 e. The van der Waals surface area contributed by atoms with E-state index in [1.54, 1.807) is 18.1 Å². The third-order valence-corrected chi connectivity index (χ3v) is 3.87. The van der Waals surface area contributed by atoms with Crippen molar-refractivity contribution in [2.24, 2.45) is 0 Å². The maximum Gasteiger partial charge on any atom is 0.320 e. The number of hydrogen-bond acceptors (Lipinski definition) is 4. The number of benzene rings is 1. The number of nitrogens with one attached hydrogen (secondary N) is 1. The van der Waals surface area contributed by atoms with Gasteiger partial charge >= 0.3 is 5.97 Å². The molecule has 0 spiro atoms. The number of carbonyl (C=O) groups is 2. The summed E-state index contributed by atoms with van der Waals surface area (Å²) in [5.41, 5.74) is 1.62. The summed E-state index contributed by atoms with van der Waals surface area (Å²) < 4.78 is 5.23. The molecule has 1 saturated heterocycles. The molecule has 0 bridgehead atoms. The smallest absolute Gasteiger partial charge is 0.320 e. The number of ether oxygens (including phenoxy) is 1. The van der Waals surface area contributed by atoms with Crippen molar-refractivity contribution in [1.82, 2.24) is 4.90 Å². The van der Waals surface area contributed by atoms with Gasteiger partial charge in [0.25, 0.3) is 0 Å². The highest BCUT2D eigenvalue weighted by Gasteiger charge is 2.29. The Morgan fingerprint density at radius 2 is 2.13 bits per heavy atom. The molecule has 1 amide bonds. The van der Waals surface area contributed by atoms with Gasteiger partial charge < -0.3 is 15.2 Å². The molecule has 2 N–H and O–H groups in total. The summed E-state index contributed by atoms with van der Waals surface area (Å²) >= 11 is 0. The minimum absolute atomic E-state index is 0. The average molecular weight is 343 g/mol. The standard InChI is InChI=1S/C16H22N2O4.ClH/c1-11-6-7-14(22-2)12(9-11)17-15(19)10-18-8-4-3-5-13(18)16(20)21;/h6-7,9,13H,3-5,8,10H2,1-2H3,(H,17,19)(H,20,21);1H. The third-order valence-electron chi connectivity index (χ3n) is 3.87. The number of likely N-dealkylation sites (tertiary alicyclic amines) is 1. The summed E-state index contributed by atoms with van der Waals surface area (Å²) in [5, 5.41) is 12.0. The Morgan fingerprint density at radius 3 is 2.78 bits per heavy atom. The molecule has 1 aromatic carbocycles. The molecule has 0 radical (unpaired) electrons. The summed E-state index contributed by atoms with van der Waals surface area (Å²) in [6, 6.07) is 4.96. The number of anilines is 1. The zero-order chi connectivity index (χ0) is 16.1. The maximum atomic E-state index is 12.2. The highest BCUT2D eigenvalue weighted by molar-refractivity contribution is 5.94. The van der Waals surface area contributed by atoms with Crippen LogP contribution < -0.4 is 10.1 Å². The van der Waals surface area contributed by atoms with Gasteiger partial charge in [0.1, 0.15) is 11.8 Å². The monoisotopic (exact) mass is 342 g/mol. The number of nitrogens with zero attached hydrogens (tertiary/aromatic N) is 1. The fourth-order valence-corrected chi connectivity index (χ4v) is 2.75. The molecule has 23 heavy (non-hydrogen) atoms. The summed E-state index contributed by atoms with van der Waals surface area (Å²) in [5.74, 6) is -0.495. The number of carboxylic acids is 1. The number of amides is 1. The van der Waals surface area contributed by atoms with Crippen LogP contribution in [-0.2, 0) is 9.59 Å². The van der Waals surface area contributed by atoms with Gasteiger partial charge in [-0.05, 0) is 44.0 Å². The molecule has 6 nitrogen and oxygen atoms in total. The van der Waals surface area contributed by atoms with Crippen molar-refractivity contribution in [1.29, 1.82) is 0 Å². The van der Waals surface area contributed by atoms with E-state index >= 15 is 0 Å². The van der Waals surface area contributed by atoms with Gasteiger partial charge in [-0.3, -0.25) is 14.5 Å². The third kappa shape index (κ3) is 5.11. The predicted octanol–water partition coefficient (Wildman–Crippen LogP) is 2.30. The molecule has 1 aliphatic rings. The summed E-state index contributed by atoms with van der Waals surface area (Å²) in [6.07, 6.45) is 2.40. The second-order valence-electron chi connectivity index (χ2n) is 5.57. The van der Waals surface area contributed by atoms with Crippen molar-refractivity contribution in [3.05, 3.63) is 23.8 Å². The number of carbonyl (C=O) groups excluding carboxylic acids is 1. The van der Waals surface area contributed by atoms with Crippen molar-refractivity contribution in [3.63, 3.8) is 0 Å². The molecule has 1 unspecified atom stereocenters. The molecule has 128 valence electrons. The Labute approximate surface area is 142 Å². The molecule has 1 atom stereocenters. The minimum atomic E-state index is -0.861. The SMILES string of the molecule is COc1ccc(C)cc1NC(=O)CN1CCCCC1C(=O)O.Cl. The lowest BCUT2D eigenvalue weighted by atomic mass is 10.0. The van der Waals surface area contributed by atoms with Gasteiger partial charge in [0.2, 0.25) is 5.91 Å². The van der Waals surface area contributed by atoms with Gasteiger partial charge in [-0.25, -0.2) is 0 Å². The van der Waals surface area contributed by atoms with Crippen molar-refractivity contribution in [3.8, 4) is 5.75 Å². The van der Waals surface area contributed by atoms with Crippen LogP contribution in [0.5, 0.6) is 5.75 Å². The zero-order valence-corrected chi connectivity index (χ0v) is 14.2. The average Bonchev–Trinajstić information content (AvgIpc) is 2.47. The quantitative estimate of drug-likeness (QED) is 0.858. The van der Waals surface area contributed by atoms with Crippen LogP contribution in [0.15, 0.2) is 18.2 Å². The van der Waals surface area contributed by atoms with Gasteiger partial charge in [-0.1, -0.05) is 12.5 Å². The number of carboxylic acid groups (broad SMARTS) is 1. The number of halogens is 1. The van der Waals surface area contributed by atoms with E-state index in [9.17, 15) is 14.7 Å². The van der Waals surface area contributed by atoms with Crippen LogP contribution in [0.1, 0.15) is 24.8 Å². The summed E-state index contributed by atoms with van der Waals surface area (Å²) in [6.45, 7) is 2.64. The number of rotatable bonds is 5. The van der Waals surface area contributed by atoms with E-state index in [2.05, 4.69) is 5.32 Å². The van der Waals surface area contributed by atoms with Crippen LogP contribution in [0, 0.1) is 6.92 Å². The Hall–Kier alpha value is -1.79. The van der Waals surface area contributed by atoms with E-state index in [-0.39, 0.29) is 24.9 Å². The second-order valence-corrected chi connectivity index (χ2v) is 5.57. The molecule has 1 heterocycles. The van der Waals surface area contributed by atoms with E-state index in [4.69, 9.17) is 4.74 Å². The molecule has 1 aliphatic heterocycles. The topological polar surface area (TPSA) is 78.9 Å². The van der Waals surface area contributed by atoms with Crippen molar-refractivity contribution >= 4 is 30.0 Å². The lowest BCUT2D eigenvalue weighted by Gasteiger charge is -2.32. The summed E-state index contributed by atoms with van der Waals surface area (Å²) in [7, 11) is 1.55. The lowest BCUT2D eigenvalue weighted by molar-refractivity contribution is -0.145. The first-order valence-electron chi connectivity index (χ1n) is 7.42. The van der Waals surface area contributed by atoms with Crippen LogP contribution in [-0.4, -0.2) is 48.1 Å². The van der Waals surface area contributed by atoms with Gasteiger partial charge in [-0.15, -0.1) is 12.4 Å². The first-order valence-corrected chi connectivity index (χ1v) is 7.42. The Kier molecular flexibility index (Phi) is 7.32. The molecular formula is C16H23ClN2O4. The summed E-state index contributed by atoms with van der Waals surface area (Å²) in [4.78, 5) is 25.2. The van der Waals surface area contributed by atoms with E-state index in [0.29, 0.717) is 24.4 Å². The molecular weight excluding hydrogens is 320 g/mol. The van der Waals surface area contributed by atoms with Gasteiger partial charge in [0, 0.05) is 0 Å².